The lowest BCUT2D eigenvalue weighted by Crippen LogP contribution is -2.44. The van der Waals surface area contributed by atoms with Gasteiger partial charge in [0, 0.05) is 56.1 Å². The summed E-state index contributed by atoms with van der Waals surface area (Å²) in [6.07, 6.45) is 2.02. The van der Waals surface area contributed by atoms with Crippen LogP contribution in [-0.2, 0) is 9.47 Å². The molecule has 1 aromatic rings. The fraction of sp³-hybridized carbons (Fsp3) is 0.632. The molecule has 0 saturated carbocycles. The molecule has 0 amide bonds. The molecular weight excluding hydrogens is 523 g/mol. The molecule has 1 fully saturated rings. The number of halogens is 2. The molecule has 8 heteroatoms. The molecule has 2 rings (SSSR count). The zero-order chi connectivity index (χ0) is 18.6. The van der Waals surface area contributed by atoms with Crippen molar-refractivity contribution in [3.05, 3.63) is 28.7 Å². The number of nitrogens with one attached hydrogen (secondary N) is 2. The Labute approximate surface area is 188 Å². The minimum atomic E-state index is 0. The van der Waals surface area contributed by atoms with Gasteiger partial charge >= 0.3 is 0 Å². The van der Waals surface area contributed by atoms with Crippen molar-refractivity contribution in [2.75, 3.05) is 58.0 Å². The van der Waals surface area contributed by atoms with Crippen molar-refractivity contribution in [2.45, 2.75) is 25.8 Å². The molecule has 1 unspecified atom stereocenters. The minimum Gasteiger partial charge on any atom is -0.382 e. The molecule has 1 saturated heterocycles. The number of methoxy groups -OCH3 is 1. The lowest BCUT2D eigenvalue weighted by atomic mass is 10.3. The van der Waals surface area contributed by atoms with Gasteiger partial charge in [0.15, 0.2) is 5.96 Å². The van der Waals surface area contributed by atoms with Crippen LogP contribution < -0.4 is 15.5 Å². The summed E-state index contributed by atoms with van der Waals surface area (Å²) in [5.74, 6) is 0.895. The van der Waals surface area contributed by atoms with Crippen LogP contribution in [0.25, 0.3) is 0 Å². The van der Waals surface area contributed by atoms with E-state index < -0.39 is 0 Å². The largest absolute Gasteiger partial charge is 0.382 e. The second-order valence-corrected chi connectivity index (χ2v) is 7.19. The number of ether oxygens (including phenoxy) is 2. The predicted octanol–water partition coefficient (Wildman–Crippen LogP) is 3.25. The summed E-state index contributed by atoms with van der Waals surface area (Å²) in [6, 6.07) is 8.92. The maximum absolute atomic E-state index is 5.48. The number of guanidine groups is 1. The highest BCUT2D eigenvalue weighted by Gasteiger charge is 2.23. The molecular formula is C19H32BrIN4O2. The maximum Gasteiger partial charge on any atom is 0.191 e. The van der Waals surface area contributed by atoms with Crippen molar-refractivity contribution in [3.8, 4) is 0 Å². The summed E-state index contributed by atoms with van der Waals surface area (Å²) in [5, 5.41) is 6.90. The first-order chi connectivity index (χ1) is 12.7. The monoisotopic (exact) mass is 554 g/mol. The third kappa shape index (κ3) is 9.45. The molecule has 2 N–H and O–H groups in total. The van der Waals surface area contributed by atoms with E-state index in [-0.39, 0.29) is 24.0 Å². The van der Waals surface area contributed by atoms with E-state index in [9.17, 15) is 0 Å². The lowest BCUT2D eigenvalue weighted by Gasteiger charge is -2.20. The average molecular weight is 555 g/mol. The number of hydrogen-bond donors (Lipinski definition) is 2. The SMILES string of the molecule is CCNC(=NCCCOCCOC)NC1CCN(c2ccc(Br)cc2)C1.I. The average Bonchev–Trinajstić information content (AvgIpc) is 3.10. The van der Waals surface area contributed by atoms with Gasteiger partial charge in [0.25, 0.3) is 0 Å². The van der Waals surface area contributed by atoms with Crippen LogP contribution in [0, 0.1) is 0 Å². The Kier molecular flexibility index (Phi) is 13.1. The van der Waals surface area contributed by atoms with Gasteiger partial charge in [0.1, 0.15) is 0 Å². The molecule has 1 aliphatic heterocycles. The van der Waals surface area contributed by atoms with Crippen molar-refractivity contribution in [1.29, 1.82) is 0 Å². The van der Waals surface area contributed by atoms with E-state index in [4.69, 9.17) is 9.47 Å². The van der Waals surface area contributed by atoms with E-state index >= 15 is 0 Å². The molecule has 0 aliphatic carbocycles. The van der Waals surface area contributed by atoms with Gasteiger partial charge in [-0.3, -0.25) is 4.99 Å². The number of nitrogens with zero attached hydrogens (tertiary/aromatic N) is 2. The summed E-state index contributed by atoms with van der Waals surface area (Å²) in [5.41, 5.74) is 1.27. The van der Waals surface area contributed by atoms with Gasteiger partial charge in [-0.2, -0.15) is 0 Å². The van der Waals surface area contributed by atoms with Gasteiger partial charge in [0.05, 0.1) is 13.2 Å². The third-order valence-electron chi connectivity index (χ3n) is 4.21. The zero-order valence-corrected chi connectivity index (χ0v) is 20.2. The van der Waals surface area contributed by atoms with Crippen LogP contribution in [0.1, 0.15) is 19.8 Å². The van der Waals surface area contributed by atoms with Crippen molar-refractivity contribution in [2.24, 2.45) is 4.99 Å². The topological polar surface area (TPSA) is 58.1 Å². The van der Waals surface area contributed by atoms with E-state index in [1.807, 2.05) is 0 Å². The number of aliphatic imine (C=N–C) groups is 1. The molecule has 1 aromatic carbocycles. The Balaban J connectivity index is 0.00000364. The van der Waals surface area contributed by atoms with Gasteiger partial charge in [-0.05, 0) is 44.0 Å². The molecule has 6 nitrogen and oxygen atoms in total. The minimum absolute atomic E-state index is 0. The molecule has 0 radical (unpaired) electrons. The van der Waals surface area contributed by atoms with Crippen LogP contribution in [0.4, 0.5) is 5.69 Å². The summed E-state index contributed by atoms with van der Waals surface area (Å²) >= 11 is 3.49. The Hall–Kier alpha value is -0.580. The van der Waals surface area contributed by atoms with Gasteiger partial charge in [-0.15, -0.1) is 24.0 Å². The van der Waals surface area contributed by atoms with E-state index in [0.29, 0.717) is 25.9 Å². The van der Waals surface area contributed by atoms with Crippen LogP contribution in [0.5, 0.6) is 0 Å². The fourth-order valence-corrected chi connectivity index (χ4v) is 3.14. The zero-order valence-electron chi connectivity index (χ0n) is 16.2. The van der Waals surface area contributed by atoms with Crippen LogP contribution >= 0.6 is 39.9 Å². The van der Waals surface area contributed by atoms with Crippen molar-refractivity contribution < 1.29 is 9.47 Å². The molecule has 27 heavy (non-hydrogen) atoms. The third-order valence-corrected chi connectivity index (χ3v) is 4.74. The second-order valence-electron chi connectivity index (χ2n) is 6.27. The van der Waals surface area contributed by atoms with Gasteiger partial charge in [-0.25, -0.2) is 0 Å². The second kappa shape index (κ2) is 14.4. The number of anilines is 1. The maximum atomic E-state index is 5.48. The molecule has 0 aromatic heterocycles. The molecule has 1 aliphatic rings. The van der Waals surface area contributed by atoms with Crippen molar-refractivity contribution in [3.63, 3.8) is 0 Å². The van der Waals surface area contributed by atoms with Crippen molar-refractivity contribution in [1.82, 2.24) is 10.6 Å². The molecule has 154 valence electrons. The van der Waals surface area contributed by atoms with Crippen LogP contribution in [0.15, 0.2) is 33.7 Å². The Morgan fingerprint density at radius 2 is 2.04 bits per heavy atom. The summed E-state index contributed by atoms with van der Waals surface area (Å²) < 4.78 is 11.5. The van der Waals surface area contributed by atoms with Gasteiger partial charge in [-0.1, -0.05) is 15.9 Å². The first kappa shape index (κ1) is 24.5. The first-order valence-corrected chi connectivity index (χ1v) is 10.1. The summed E-state index contributed by atoms with van der Waals surface area (Å²) in [7, 11) is 1.68. The summed E-state index contributed by atoms with van der Waals surface area (Å²) in [6.45, 7) is 7.76. The van der Waals surface area contributed by atoms with Gasteiger partial charge < -0.3 is 25.0 Å². The van der Waals surface area contributed by atoms with E-state index in [2.05, 4.69) is 67.6 Å². The summed E-state index contributed by atoms with van der Waals surface area (Å²) in [4.78, 5) is 7.08. The van der Waals surface area contributed by atoms with E-state index in [1.165, 1.54) is 5.69 Å². The fourth-order valence-electron chi connectivity index (χ4n) is 2.88. The smallest absolute Gasteiger partial charge is 0.191 e. The molecule has 1 atom stereocenters. The van der Waals surface area contributed by atoms with E-state index in [0.717, 1.165) is 49.5 Å². The van der Waals surface area contributed by atoms with Gasteiger partial charge in [0.2, 0.25) is 0 Å². The van der Waals surface area contributed by atoms with Crippen LogP contribution in [0.2, 0.25) is 0 Å². The Morgan fingerprint density at radius 3 is 2.74 bits per heavy atom. The highest BCUT2D eigenvalue weighted by atomic mass is 127. The van der Waals surface area contributed by atoms with Crippen LogP contribution in [-0.4, -0.2) is 65.1 Å². The predicted molar refractivity (Wildman–Crippen MR) is 127 cm³/mol. The Morgan fingerprint density at radius 1 is 1.26 bits per heavy atom. The highest BCUT2D eigenvalue weighted by molar-refractivity contribution is 14.0. The van der Waals surface area contributed by atoms with Crippen molar-refractivity contribution >= 4 is 51.6 Å². The first-order valence-electron chi connectivity index (χ1n) is 9.35. The number of benzene rings is 1. The number of rotatable bonds is 10. The lowest BCUT2D eigenvalue weighted by molar-refractivity contribution is 0.0702. The van der Waals surface area contributed by atoms with Crippen LogP contribution in [0.3, 0.4) is 0 Å². The van der Waals surface area contributed by atoms with E-state index in [1.54, 1.807) is 7.11 Å². The molecule has 0 spiro atoms. The standard InChI is InChI=1S/C19H31BrN4O2.HI/c1-3-21-19(22-10-4-12-26-14-13-25-2)23-17-9-11-24(15-17)18-7-5-16(20)6-8-18;/h5-8,17H,3-4,9-15H2,1-2H3,(H2,21,22,23);1H. The molecule has 1 heterocycles. The number of hydrogen-bond acceptors (Lipinski definition) is 4. The molecule has 0 bridgehead atoms. The highest BCUT2D eigenvalue weighted by Crippen LogP contribution is 2.22. The Bertz CT molecular complexity index is 545. The quantitative estimate of drug-likeness (QED) is 0.201. The normalized spacial score (nSPS) is 16.9.